The van der Waals surface area contributed by atoms with Crippen molar-refractivity contribution in [3.8, 4) is 0 Å². The molecule has 1 aromatic rings. The van der Waals surface area contributed by atoms with Crippen molar-refractivity contribution in [2.75, 3.05) is 13.1 Å². The van der Waals surface area contributed by atoms with E-state index in [0.29, 0.717) is 13.1 Å². The van der Waals surface area contributed by atoms with Crippen LogP contribution >= 0.6 is 11.3 Å². The summed E-state index contributed by atoms with van der Waals surface area (Å²) in [5.41, 5.74) is 0. The zero-order valence-electron chi connectivity index (χ0n) is 7.73. The third-order valence-electron chi connectivity index (χ3n) is 1.98. The van der Waals surface area contributed by atoms with Crippen LogP contribution in [0.25, 0.3) is 0 Å². The van der Waals surface area contributed by atoms with Crippen LogP contribution in [-0.4, -0.2) is 30.3 Å². The normalized spacial score (nSPS) is 21.2. The van der Waals surface area contributed by atoms with E-state index >= 15 is 0 Å². The zero-order chi connectivity index (χ0) is 9.80. The molecular formula is C9H13N3OS. The number of nitrogens with one attached hydrogen (secondary N) is 2. The second-order valence-electron chi connectivity index (χ2n) is 3.16. The van der Waals surface area contributed by atoms with E-state index in [4.69, 9.17) is 0 Å². The van der Waals surface area contributed by atoms with Gasteiger partial charge < -0.3 is 15.7 Å². The van der Waals surface area contributed by atoms with Crippen molar-refractivity contribution in [1.82, 2.24) is 10.6 Å². The maximum Gasteiger partial charge on any atom is 0.191 e. The van der Waals surface area contributed by atoms with Crippen LogP contribution < -0.4 is 10.6 Å². The Morgan fingerprint density at radius 2 is 2.64 bits per heavy atom. The summed E-state index contributed by atoms with van der Waals surface area (Å²) >= 11 is 1.72. The number of hydrogen-bond donors (Lipinski definition) is 3. The maximum atomic E-state index is 9.18. The van der Waals surface area contributed by atoms with Gasteiger partial charge in [0.05, 0.1) is 19.2 Å². The maximum absolute atomic E-state index is 9.18. The molecule has 1 aromatic heterocycles. The van der Waals surface area contributed by atoms with Crippen molar-refractivity contribution >= 4 is 17.3 Å². The lowest BCUT2D eigenvalue weighted by molar-refractivity contribution is 0.180. The molecule has 1 aliphatic heterocycles. The van der Waals surface area contributed by atoms with Crippen molar-refractivity contribution in [3.05, 3.63) is 22.4 Å². The van der Waals surface area contributed by atoms with E-state index in [1.165, 1.54) is 4.88 Å². The number of thiophene rings is 1. The fourth-order valence-electron chi connectivity index (χ4n) is 1.23. The summed E-state index contributed by atoms with van der Waals surface area (Å²) in [7, 11) is 0. The van der Waals surface area contributed by atoms with E-state index < -0.39 is 0 Å². The molecule has 0 aromatic carbocycles. The molecule has 0 aliphatic carbocycles. The highest BCUT2D eigenvalue weighted by atomic mass is 32.1. The van der Waals surface area contributed by atoms with Crippen molar-refractivity contribution in [2.24, 2.45) is 4.99 Å². The summed E-state index contributed by atoms with van der Waals surface area (Å²) in [5, 5.41) is 17.4. The van der Waals surface area contributed by atoms with Gasteiger partial charge in [0.2, 0.25) is 0 Å². The van der Waals surface area contributed by atoms with Gasteiger partial charge in [-0.05, 0) is 11.4 Å². The summed E-state index contributed by atoms with van der Waals surface area (Å²) < 4.78 is 0. The van der Waals surface area contributed by atoms with Crippen LogP contribution in [-0.2, 0) is 6.54 Å². The van der Waals surface area contributed by atoms with Gasteiger partial charge in [0, 0.05) is 11.4 Å². The highest BCUT2D eigenvalue weighted by Crippen LogP contribution is 2.07. The van der Waals surface area contributed by atoms with Crippen LogP contribution in [0, 0.1) is 0 Å². The van der Waals surface area contributed by atoms with Gasteiger partial charge in [-0.15, -0.1) is 11.3 Å². The second kappa shape index (κ2) is 4.43. The lowest BCUT2D eigenvalue weighted by Gasteiger charge is -2.19. The van der Waals surface area contributed by atoms with Gasteiger partial charge in [-0.3, -0.25) is 4.99 Å². The Hall–Kier alpha value is -1.07. The molecule has 1 unspecified atom stereocenters. The van der Waals surface area contributed by atoms with E-state index in [-0.39, 0.29) is 6.10 Å². The molecule has 0 saturated heterocycles. The summed E-state index contributed by atoms with van der Waals surface area (Å²) in [5.74, 6) is 0.781. The Morgan fingerprint density at radius 3 is 3.29 bits per heavy atom. The van der Waals surface area contributed by atoms with Crippen LogP contribution in [0.4, 0.5) is 0 Å². The molecule has 76 valence electrons. The van der Waals surface area contributed by atoms with Gasteiger partial charge in [-0.25, -0.2) is 0 Å². The number of nitrogens with zero attached hydrogens (tertiary/aromatic N) is 1. The van der Waals surface area contributed by atoms with Crippen molar-refractivity contribution < 1.29 is 5.11 Å². The largest absolute Gasteiger partial charge is 0.389 e. The van der Waals surface area contributed by atoms with E-state index in [9.17, 15) is 5.11 Å². The van der Waals surface area contributed by atoms with Crippen molar-refractivity contribution in [3.63, 3.8) is 0 Å². The summed E-state index contributed by atoms with van der Waals surface area (Å²) in [6, 6.07) is 4.11. The van der Waals surface area contributed by atoms with Gasteiger partial charge in [0.1, 0.15) is 0 Å². The molecule has 5 heteroatoms. The minimum atomic E-state index is -0.345. The molecule has 0 radical (unpaired) electrons. The number of guanidine groups is 1. The lowest BCUT2D eigenvalue weighted by Crippen LogP contribution is -2.45. The van der Waals surface area contributed by atoms with Crippen LogP contribution in [0.15, 0.2) is 22.5 Å². The molecule has 1 aliphatic rings. The zero-order valence-corrected chi connectivity index (χ0v) is 8.55. The summed E-state index contributed by atoms with van der Waals surface area (Å²) in [6.07, 6.45) is -0.345. The number of aliphatic imine (C=N–C) groups is 1. The first-order chi connectivity index (χ1) is 6.84. The molecule has 0 fully saturated rings. The minimum absolute atomic E-state index is 0.345. The van der Waals surface area contributed by atoms with Crippen LogP contribution in [0.1, 0.15) is 4.88 Å². The predicted molar refractivity (Wildman–Crippen MR) is 57.5 cm³/mol. The molecule has 2 rings (SSSR count). The average Bonchev–Trinajstić information content (AvgIpc) is 2.70. The van der Waals surface area contributed by atoms with Gasteiger partial charge in [0.25, 0.3) is 0 Å². The van der Waals surface area contributed by atoms with E-state index in [1.807, 2.05) is 6.07 Å². The molecule has 14 heavy (non-hydrogen) atoms. The van der Waals surface area contributed by atoms with Crippen LogP contribution in [0.5, 0.6) is 0 Å². The highest BCUT2D eigenvalue weighted by Gasteiger charge is 2.10. The number of rotatable bonds is 2. The van der Waals surface area contributed by atoms with Crippen LogP contribution in [0.2, 0.25) is 0 Å². The van der Waals surface area contributed by atoms with Gasteiger partial charge in [0.15, 0.2) is 5.96 Å². The topological polar surface area (TPSA) is 56.7 Å². The Bertz CT molecular complexity index is 310. The van der Waals surface area contributed by atoms with Crippen molar-refractivity contribution in [2.45, 2.75) is 12.6 Å². The molecule has 0 bridgehead atoms. The molecular weight excluding hydrogens is 198 g/mol. The first-order valence-corrected chi connectivity index (χ1v) is 5.45. The Balaban J connectivity index is 1.81. The Morgan fingerprint density at radius 1 is 1.71 bits per heavy atom. The third-order valence-corrected chi connectivity index (χ3v) is 2.85. The fraction of sp³-hybridized carbons (Fsp3) is 0.444. The van der Waals surface area contributed by atoms with Gasteiger partial charge >= 0.3 is 0 Å². The third kappa shape index (κ3) is 2.46. The number of aliphatic hydroxyl groups excluding tert-OH is 1. The summed E-state index contributed by atoms with van der Waals surface area (Å²) in [6.45, 7) is 1.86. The highest BCUT2D eigenvalue weighted by molar-refractivity contribution is 7.09. The van der Waals surface area contributed by atoms with Gasteiger partial charge in [-0.1, -0.05) is 6.07 Å². The Kier molecular flexibility index (Phi) is 3.00. The number of hydrogen-bond acceptors (Lipinski definition) is 5. The second-order valence-corrected chi connectivity index (χ2v) is 4.19. The molecule has 1 atom stereocenters. The van der Waals surface area contributed by atoms with Crippen molar-refractivity contribution in [1.29, 1.82) is 0 Å². The first-order valence-electron chi connectivity index (χ1n) is 4.57. The smallest absolute Gasteiger partial charge is 0.191 e. The predicted octanol–water partition coefficient (Wildman–Crippen LogP) is 0.158. The van der Waals surface area contributed by atoms with E-state index in [1.54, 1.807) is 11.3 Å². The summed E-state index contributed by atoms with van der Waals surface area (Å²) in [4.78, 5) is 5.44. The SMILES string of the molecule is OC1CN=C(NCc2cccs2)NC1. The standard InChI is InChI=1S/C9H13N3OS/c13-7-4-10-9(11-5-7)12-6-8-2-1-3-14-8/h1-3,7,13H,4-6H2,(H2,10,11,12). The first kappa shape index (κ1) is 9.48. The molecule has 2 heterocycles. The average molecular weight is 211 g/mol. The molecule has 0 saturated carbocycles. The molecule has 4 nitrogen and oxygen atoms in total. The fourth-order valence-corrected chi connectivity index (χ4v) is 1.88. The minimum Gasteiger partial charge on any atom is -0.389 e. The molecule has 3 N–H and O–H groups in total. The van der Waals surface area contributed by atoms with Gasteiger partial charge in [-0.2, -0.15) is 0 Å². The number of β-amino-alcohol motifs (C(OH)–C–C–N with tert-alkyl or cyclic N) is 1. The molecule has 0 amide bonds. The van der Waals surface area contributed by atoms with E-state index in [2.05, 4.69) is 27.1 Å². The molecule has 0 spiro atoms. The van der Waals surface area contributed by atoms with Crippen LogP contribution in [0.3, 0.4) is 0 Å². The Labute approximate surface area is 86.7 Å². The number of aliphatic hydroxyl groups is 1. The lowest BCUT2D eigenvalue weighted by atomic mass is 10.3. The quantitative estimate of drug-likeness (QED) is 0.653. The monoisotopic (exact) mass is 211 g/mol. The van der Waals surface area contributed by atoms with E-state index in [0.717, 1.165) is 12.5 Å².